The number of nitrogens with one attached hydrogen (secondary N) is 1. The van der Waals surface area contributed by atoms with Crippen LogP contribution in [0.25, 0.3) is 0 Å². The zero-order chi connectivity index (χ0) is 15.1. The van der Waals surface area contributed by atoms with E-state index in [1.807, 2.05) is 0 Å². The first kappa shape index (κ1) is 14.5. The van der Waals surface area contributed by atoms with E-state index >= 15 is 0 Å². The van der Waals surface area contributed by atoms with Crippen LogP contribution in [0.15, 0.2) is 47.7 Å². The van der Waals surface area contributed by atoms with Gasteiger partial charge in [-0.25, -0.2) is 5.43 Å². The second kappa shape index (κ2) is 7.04. The normalized spacial score (nSPS) is 10.4. The minimum Gasteiger partial charge on any atom is -0.493 e. The van der Waals surface area contributed by atoms with Crippen LogP contribution in [0.5, 0.6) is 11.5 Å². The van der Waals surface area contributed by atoms with Gasteiger partial charge in [0, 0.05) is 6.20 Å². The highest BCUT2D eigenvalue weighted by molar-refractivity contribution is 5.93. The van der Waals surface area contributed by atoms with Crippen molar-refractivity contribution in [3.05, 3.63) is 53.9 Å². The predicted octanol–water partition coefficient (Wildman–Crippen LogP) is 1.86. The van der Waals surface area contributed by atoms with Crippen LogP contribution < -0.4 is 14.9 Å². The van der Waals surface area contributed by atoms with Crippen LogP contribution in [-0.4, -0.2) is 31.3 Å². The molecule has 108 valence electrons. The molecule has 1 heterocycles. The van der Waals surface area contributed by atoms with Crippen LogP contribution in [0.3, 0.4) is 0 Å². The number of benzene rings is 1. The Morgan fingerprint density at radius 3 is 2.67 bits per heavy atom. The number of hydrazone groups is 1. The van der Waals surface area contributed by atoms with Crippen LogP contribution in [0.4, 0.5) is 0 Å². The molecule has 0 atom stereocenters. The van der Waals surface area contributed by atoms with Gasteiger partial charge in [-0.05, 0) is 35.9 Å². The predicted molar refractivity (Wildman–Crippen MR) is 78.8 cm³/mol. The molecule has 1 aromatic heterocycles. The Morgan fingerprint density at radius 1 is 1.19 bits per heavy atom. The van der Waals surface area contributed by atoms with E-state index in [0.717, 1.165) is 5.56 Å². The van der Waals surface area contributed by atoms with Gasteiger partial charge < -0.3 is 9.47 Å². The Balaban J connectivity index is 2.03. The highest BCUT2D eigenvalue weighted by Gasteiger charge is 2.05. The SMILES string of the molecule is COc1ccc(/C=N\NC(=O)c2ccccn2)cc1OC. The molecule has 1 N–H and O–H groups in total. The van der Waals surface area contributed by atoms with Crippen molar-refractivity contribution in [2.45, 2.75) is 0 Å². The summed E-state index contributed by atoms with van der Waals surface area (Å²) in [6, 6.07) is 10.4. The Kier molecular flexibility index (Phi) is 4.87. The van der Waals surface area contributed by atoms with Crippen LogP contribution in [0, 0.1) is 0 Å². The van der Waals surface area contributed by atoms with Gasteiger partial charge in [0.25, 0.3) is 5.91 Å². The van der Waals surface area contributed by atoms with Gasteiger partial charge in [-0.15, -0.1) is 0 Å². The van der Waals surface area contributed by atoms with Crippen LogP contribution in [-0.2, 0) is 0 Å². The molecule has 1 amide bonds. The number of ether oxygens (including phenoxy) is 2. The van der Waals surface area contributed by atoms with Crippen LogP contribution in [0.1, 0.15) is 16.1 Å². The first-order chi connectivity index (χ1) is 10.2. The molecule has 6 heteroatoms. The second-order valence-electron chi connectivity index (χ2n) is 4.03. The Labute approximate surface area is 122 Å². The molecule has 21 heavy (non-hydrogen) atoms. The van der Waals surface area contributed by atoms with Crippen molar-refractivity contribution in [2.75, 3.05) is 14.2 Å². The first-order valence-corrected chi connectivity index (χ1v) is 6.21. The second-order valence-corrected chi connectivity index (χ2v) is 4.03. The van der Waals surface area contributed by atoms with E-state index in [-0.39, 0.29) is 5.91 Å². The number of amides is 1. The summed E-state index contributed by atoms with van der Waals surface area (Å²) < 4.78 is 10.3. The van der Waals surface area contributed by atoms with Crippen molar-refractivity contribution in [3.8, 4) is 11.5 Å². The highest BCUT2D eigenvalue weighted by Crippen LogP contribution is 2.26. The van der Waals surface area contributed by atoms with Gasteiger partial charge >= 0.3 is 0 Å². The van der Waals surface area contributed by atoms with Crippen molar-refractivity contribution >= 4 is 12.1 Å². The van der Waals surface area contributed by atoms with E-state index in [4.69, 9.17) is 9.47 Å². The van der Waals surface area contributed by atoms with E-state index in [0.29, 0.717) is 17.2 Å². The lowest BCUT2D eigenvalue weighted by molar-refractivity contribution is 0.0950. The Hall–Kier alpha value is -2.89. The van der Waals surface area contributed by atoms with E-state index in [2.05, 4.69) is 15.5 Å². The van der Waals surface area contributed by atoms with Crippen molar-refractivity contribution in [1.29, 1.82) is 0 Å². The molecule has 0 aliphatic rings. The summed E-state index contributed by atoms with van der Waals surface area (Å²) in [5, 5.41) is 3.89. The average Bonchev–Trinajstić information content (AvgIpc) is 2.55. The van der Waals surface area contributed by atoms with Crippen molar-refractivity contribution in [3.63, 3.8) is 0 Å². The van der Waals surface area contributed by atoms with Gasteiger partial charge in [-0.3, -0.25) is 9.78 Å². The molecule has 0 aliphatic heterocycles. The van der Waals surface area contributed by atoms with Gasteiger partial charge in [0.1, 0.15) is 5.69 Å². The van der Waals surface area contributed by atoms with Gasteiger partial charge in [0.15, 0.2) is 11.5 Å². The van der Waals surface area contributed by atoms with E-state index < -0.39 is 0 Å². The molecule has 0 aliphatic carbocycles. The lowest BCUT2D eigenvalue weighted by Gasteiger charge is -2.07. The van der Waals surface area contributed by atoms with Crippen molar-refractivity contribution < 1.29 is 14.3 Å². The van der Waals surface area contributed by atoms with E-state index in [1.165, 1.54) is 6.21 Å². The Bertz CT molecular complexity index is 642. The molecule has 0 radical (unpaired) electrons. The minimum absolute atomic E-state index is 0.307. The van der Waals surface area contributed by atoms with Crippen LogP contribution in [0.2, 0.25) is 0 Å². The van der Waals surface area contributed by atoms with Crippen molar-refractivity contribution in [2.24, 2.45) is 5.10 Å². The van der Waals surface area contributed by atoms with Crippen LogP contribution >= 0.6 is 0 Å². The number of rotatable bonds is 5. The summed E-state index contributed by atoms with van der Waals surface area (Å²) in [5.74, 6) is 0.858. The molecule has 0 saturated heterocycles. The zero-order valence-corrected chi connectivity index (χ0v) is 11.7. The topological polar surface area (TPSA) is 72.8 Å². The summed E-state index contributed by atoms with van der Waals surface area (Å²) >= 11 is 0. The number of methoxy groups -OCH3 is 2. The van der Waals surface area contributed by atoms with Gasteiger partial charge in [0.2, 0.25) is 0 Å². The van der Waals surface area contributed by atoms with Crippen molar-refractivity contribution in [1.82, 2.24) is 10.4 Å². The fourth-order valence-electron chi connectivity index (χ4n) is 1.65. The third-order valence-corrected chi connectivity index (χ3v) is 2.68. The molecule has 2 aromatic rings. The summed E-state index contributed by atoms with van der Waals surface area (Å²) in [5.41, 5.74) is 3.49. The number of aromatic nitrogens is 1. The van der Waals surface area contributed by atoms with Gasteiger partial charge in [-0.1, -0.05) is 6.07 Å². The molecular formula is C15H15N3O3. The average molecular weight is 285 g/mol. The molecule has 6 nitrogen and oxygen atoms in total. The minimum atomic E-state index is -0.368. The molecule has 0 spiro atoms. The largest absolute Gasteiger partial charge is 0.493 e. The summed E-state index contributed by atoms with van der Waals surface area (Å²) in [6.45, 7) is 0. The molecule has 0 saturated carbocycles. The molecular weight excluding hydrogens is 270 g/mol. The van der Waals surface area contributed by atoms with Gasteiger partial charge in [-0.2, -0.15) is 5.10 Å². The quantitative estimate of drug-likeness (QED) is 0.672. The lowest BCUT2D eigenvalue weighted by atomic mass is 10.2. The third-order valence-electron chi connectivity index (χ3n) is 2.68. The Morgan fingerprint density at radius 2 is 2.00 bits per heavy atom. The molecule has 2 rings (SSSR count). The standard InChI is InChI=1S/C15H15N3O3/c1-20-13-7-6-11(9-14(13)21-2)10-17-18-15(19)12-5-3-4-8-16-12/h3-10H,1-2H3,(H,18,19)/b17-10-. The number of carbonyl (C=O) groups excluding carboxylic acids is 1. The fraction of sp³-hybridized carbons (Fsp3) is 0.133. The highest BCUT2D eigenvalue weighted by atomic mass is 16.5. The summed E-state index contributed by atoms with van der Waals surface area (Å²) in [4.78, 5) is 15.7. The first-order valence-electron chi connectivity index (χ1n) is 6.21. The zero-order valence-electron chi connectivity index (χ0n) is 11.7. The summed E-state index contributed by atoms with van der Waals surface area (Å²) in [7, 11) is 3.13. The number of hydrogen-bond acceptors (Lipinski definition) is 5. The fourth-order valence-corrected chi connectivity index (χ4v) is 1.65. The van der Waals surface area contributed by atoms with E-state index in [1.54, 1.807) is 56.8 Å². The number of hydrogen-bond donors (Lipinski definition) is 1. The molecule has 0 fully saturated rings. The smallest absolute Gasteiger partial charge is 0.289 e. The number of nitrogens with zero attached hydrogens (tertiary/aromatic N) is 2. The van der Waals surface area contributed by atoms with Gasteiger partial charge in [0.05, 0.1) is 20.4 Å². The maximum absolute atomic E-state index is 11.7. The number of pyridine rings is 1. The maximum atomic E-state index is 11.7. The molecule has 0 bridgehead atoms. The number of carbonyl (C=O) groups is 1. The lowest BCUT2D eigenvalue weighted by Crippen LogP contribution is -2.18. The molecule has 0 unspecified atom stereocenters. The third kappa shape index (κ3) is 3.79. The molecule has 1 aromatic carbocycles. The monoisotopic (exact) mass is 285 g/mol. The van der Waals surface area contributed by atoms with E-state index in [9.17, 15) is 4.79 Å². The summed E-state index contributed by atoms with van der Waals surface area (Å²) in [6.07, 6.45) is 3.07. The maximum Gasteiger partial charge on any atom is 0.289 e.